The first kappa shape index (κ1) is 15.5. The van der Waals surface area contributed by atoms with Crippen LogP contribution in [0.2, 0.25) is 0 Å². The van der Waals surface area contributed by atoms with Crippen molar-refractivity contribution in [3.8, 4) is 5.75 Å². The van der Waals surface area contributed by atoms with Crippen molar-refractivity contribution in [3.63, 3.8) is 0 Å². The molecule has 0 saturated carbocycles. The fourth-order valence-electron chi connectivity index (χ4n) is 1.83. The van der Waals surface area contributed by atoms with E-state index in [0.717, 1.165) is 11.3 Å². The van der Waals surface area contributed by atoms with E-state index in [1.54, 1.807) is 6.07 Å². The number of amides is 1. The number of aryl methyl sites for hydroxylation is 1. The normalized spacial score (nSPS) is 10.2. The quantitative estimate of drug-likeness (QED) is 0.834. The number of carbonyl (C=O) groups is 1. The predicted octanol–water partition coefficient (Wildman–Crippen LogP) is 3.71. The van der Waals surface area contributed by atoms with E-state index in [-0.39, 0.29) is 11.5 Å². The minimum atomic E-state index is -0.453. The highest BCUT2D eigenvalue weighted by atomic mass is 79.9. The zero-order chi connectivity index (χ0) is 15.2. The van der Waals surface area contributed by atoms with Crippen molar-refractivity contribution in [1.82, 2.24) is 5.32 Å². The number of hydrogen-bond acceptors (Lipinski definition) is 2. The third kappa shape index (κ3) is 4.86. The Morgan fingerprint density at radius 1 is 1.29 bits per heavy atom. The van der Waals surface area contributed by atoms with E-state index < -0.39 is 5.82 Å². The summed E-state index contributed by atoms with van der Waals surface area (Å²) in [5.41, 5.74) is 1.39. The SMILES string of the molecule is Cc1cccc(OCCNC(=O)c2cc(F)cc(Br)c2)c1. The molecule has 110 valence electrons. The molecule has 3 nitrogen and oxygen atoms in total. The van der Waals surface area contributed by atoms with Gasteiger partial charge in [-0.1, -0.05) is 28.1 Å². The highest BCUT2D eigenvalue weighted by molar-refractivity contribution is 9.10. The Bertz CT molecular complexity index is 626. The molecule has 0 bridgehead atoms. The molecule has 0 spiro atoms. The largest absolute Gasteiger partial charge is 0.492 e. The molecule has 1 N–H and O–H groups in total. The number of halogens is 2. The van der Waals surface area contributed by atoms with Gasteiger partial charge in [-0.15, -0.1) is 0 Å². The molecule has 5 heteroatoms. The minimum absolute atomic E-state index is 0.275. The summed E-state index contributed by atoms with van der Waals surface area (Å²) >= 11 is 3.16. The maximum atomic E-state index is 13.2. The Labute approximate surface area is 131 Å². The fraction of sp³-hybridized carbons (Fsp3) is 0.188. The minimum Gasteiger partial charge on any atom is -0.492 e. The van der Waals surface area contributed by atoms with Gasteiger partial charge >= 0.3 is 0 Å². The van der Waals surface area contributed by atoms with Crippen LogP contribution in [0.5, 0.6) is 5.75 Å². The lowest BCUT2D eigenvalue weighted by molar-refractivity contribution is 0.0946. The molecule has 0 aliphatic rings. The molecule has 0 aliphatic carbocycles. The molecule has 21 heavy (non-hydrogen) atoms. The summed E-state index contributed by atoms with van der Waals surface area (Å²) in [6.45, 7) is 2.68. The maximum Gasteiger partial charge on any atom is 0.251 e. The van der Waals surface area contributed by atoms with E-state index in [4.69, 9.17) is 4.74 Å². The van der Waals surface area contributed by atoms with Crippen molar-refractivity contribution in [1.29, 1.82) is 0 Å². The molecule has 0 atom stereocenters. The van der Waals surface area contributed by atoms with Crippen LogP contribution in [-0.2, 0) is 0 Å². The van der Waals surface area contributed by atoms with Crippen LogP contribution in [-0.4, -0.2) is 19.1 Å². The summed E-state index contributed by atoms with van der Waals surface area (Å²) in [5, 5.41) is 2.69. The van der Waals surface area contributed by atoms with E-state index in [1.165, 1.54) is 12.1 Å². The Hall–Kier alpha value is -1.88. The summed E-state index contributed by atoms with van der Waals surface area (Å²) in [5.74, 6) is -0.0219. The number of carbonyl (C=O) groups excluding carboxylic acids is 1. The Balaban J connectivity index is 1.82. The van der Waals surface area contributed by atoms with Crippen LogP contribution >= 0.6 is 15.9 Å². The standard InChI is InChI=1S/C16H15BrFNO2/c1-11-3-2-4-15(7-11)21-6-5-19-16(20)12-8-13(17)10-14(18)9-12/h2-4,7-10H,5-6H2,1H3,(H,19,20). The number of hydrogen-bond donors (Lipinski definition) is 1. The third-order valence-corrected chi connectivity index (χ3v) is 3.23. The van der Waals surface area contributed by atoms with Gasteiger partial charge in [0.1, 0.15) is 18.2 Å². The molecule has 0 saturated heterocycles. The summed E-state index contributed by atoms with van der Waals surface area (Å²) in [6.07, 6.45) is 0. The van der Waals surface area contributed by atoms with Crippen LogP contribution in [0.15, 0.2) is 46.9 Å². The monoisotopic (exact) mass is 351 g/mol. The number of benzene rings is 2. The van der Waals surface area contributed by atoms with Gasteiger partial charge in [0.15, 0.2) is 0 Å². The first-order valence-electron chi connectivity index (χ1n) is 6.48. The Morgan fingerprint density at radius 3 is 2.81 bits per heavy atom. The van der Waals surface area contributed by atoms with Gasteiger partial charge in [-0.05, 0) is 42.8 Å². The maximum absolute atomic E-state index is 13.2. The first-order chi connectivity index (χ1) is 10.0. The molecular weight excluding hydrogens is 337 g/mol. The third-order valence-electron chi connectivity index (χ3n) is 2.77. The molecule has 2 aromatic rings. The zero-order valence-corrected chi connectivity index (χ0v) is 13.1. The van der Waals surface area contributed by atoms with Gasteiger partial charge in [-0.2, -0.15) is 0 Å². The second kappa shape index (κ2) is 7.22. The topological polar surface area (TPSA) is 38.3 Å². The van der Waals surface area contributed by atoms with Crippen LogP contribution in [0.4, 0.5) is 4.39 Å². The lowest BCUT2D eigenvalue weighted by atomic mass is 10.2. The van der Waals surface area contributed by atoms with Crippen LogP contribution in [0.3, 0.4) is 0 Å². The number of rotatable bonds is 5. The van der Waals surface area contributed by atoms with Crippen LogP contribution in [0.1, 0.15) is 15.9 Å². The van der Waals surface area contributed by atoms with Crippen molar-refractivity contribution in [2.45, 2.75) is 6.92 Å². The molecule has 0 unspecified atom stereocenters. The molecule has 1 amide bonds. The van der Waals surface area contributed by atoms with E-state index in [0.29, 0.717) is 17.6 Å². The van der Waals surface area contributed by atoms with Crippen molar-refractivity contribution in [2.24, 2.45) is 0 Å². The number of ether oxygens (including phenoxy) is 1. The van der Waals surface area contributed by atoms with E-state index >= 15 is 0 Å². The van der Waals surface area contributed by atoms with Gasteiger partial charge < -0.3 is 10.1 Å². The lowest BCUT2D eigenvalue weighted by Gasteiger charge is -2.08. The van der Waals surface area contributed by atoms with Gasteiger partial charge in [-0.25, -0.2) is 4.39 Å². The Kier molecular flexibility index (Phi) is 5.33. The van der Waals surface area contributed by atoms with Crippen molar-refractivity contribution < 1.29 is 13.9 Å². The average Bonchev–Trinajstić information content (AvgIpc) is 2.42. The number of nitrogens with one attached hydrogen (secondary N) is 1. The van der Waals surface area contributed by atoms with E-state index in [1.807, 2.05) is 31.2 Å². The molecule has 2 rings (SSSR count). The van der Waals surface area contributed by atoms with Crippen LogP contribution in [0, 0.1) is 12.7 Å². The molecule has 0 radical (unpaired) electrons. The average molecular weight is 352 g/mol. The summed E-state index contributed by atoms with van der Waals surface area (Å²) in [4.78, 5) is 11.9. The highest BCUT2D eigenvalue weighted by Gasteiger charge is 2.07. The van der Waals surface area contributed by atoms with Gasteiger partial charge in [0.05, 0.1) is 6.54 Å². The fourth-order valence-corrected chi connectivity index (χ4v) is 2.29. The van der Waals surface area contributed by atoms with Crippen molar-refractivity contribution >= 4 is 21.8 Å². The van der Waals surface area contributed by atoms with Gasteiger partial charge in [0.2, 0.25) is 0 Å². The van der Waals surface area contributed by atoms with Gasteiger partial charge in [0, 0.05) is 10.0 Å². The second-order valence-corrected chi connectivity index (χ2v) is 5.49. The molecule has 0 aromatic heterocycles. The van der Waals surface area contributed by atoms with Crippen molar-refractivity contribution in [3.05, 3.63) is 63.9 Å². The second-order valence-electron chi connectivity index (χ2n) is 4.58. The molecule has 0 fully saturated rings. The van der Waals surface area contributed by atoms with Gasteiger partial charge in [0.25, 0.3) is 5.91 Å². The first-order valence-corrected chi connectivity index (χ1v) is 7.27. The van der Waals surface area contributed by atoms with Crippen LogP contribution < -0.4 is 10.1 Å². The summed E-state index contributed by atoms with van der Waals surface area (Å²) < 4.78 is 19.3. The Morgan fingerprint density at radius 2 is 2.10 bits per heavy atom. The summed E-state index contributed by atoms with van der Waals surface area (Å²) in [6, 6.07) is 11.7. The van der Waals surface area contributed by atoms with E-state index in [9.17, 15) is 9.18 Å². The van der Waals surface area contributed by atoms with Crippen molar-refractivity contribution in [2.75, 3.05) is 13.2 Å². The molecule has 0 heterocycles. The zero-order valence-electron chi connectivity index (χ0n) is 11.5. The highest BCUT2D eigenvalue weighted by Crippen LogP contribution is 2.15. The summed E-state index contributed by atoms with van der Waals surface area (Å²) in [7, 11) is 0. The molecular formula is C16H15BrFNO2. The van der Waals surface area contributed by atoms with Gasteiger partial charge in [-0.3, -0.25) is 4.79 Å². The smallest absolute Gasteiger partial charge is 0.251 e. The van der Waals surface area contributed by atoms with E-state index in [2.05, 4.69) is 21.2 Å². The molecule has 2 aromatic carbocycles. The molecule has 0 aliphatic heterocycles. The lowest BCUT2D eigenvalue weighted by Crippen LogP contribution is -2.28. The predicted molar refractivity (Wildman–Crippen MR) is 83.1 cm³/mol. The van der Waals surface area contributed by atoms with Crippen LogP contribution in [0.25, 0.3) is 0 Å².